The minimum absolute atomic E-state index is 0.143. The van der Waals surface area contributed by atoms with E-state index >= 15 is 0 Å². The molecule has 0 spiro atoms. The molecule has 0 heterocycles. The van der Waals surface area contributed by atoms with E-state index in [4.69, 9.17) is 0 Å². The van der Waals surface area contributed by atoms with Crippen LogP contribution < -0.4 is 0 Å². The van der Waals surface area contributed by atoms with E-state index in [1.54, 1.807) is 0 Å². The molecule has 0 unspecified atom stereocenters. The van der Waals surface area contributed by atoms with Gasteiger partial charge in [0.2, 0.25) is 0 Å². The van der Waals surface area contributed by atoms with Crippen molar-refractivity contribution in [2.24, 2.45) is 0 Å². The number of esters is 1. The number of rotatable bonds is 1. The highest BCUT2D eigenvalue weighted by Gasteiger charge is 1.93. The zero-order chi connectivity index (χ0) is 10.4. The SMILES string of the molecule is COC(=O)CC#Cc1ccc(C)cc1. The molecule has 0 aromatic heterocycles. The van der Waals surface area contributed by atoms with Crippen molar-refractivity contribution < 1.29 is 9.53 Å². The fourth-order valence-electron chi connectivity index (χ4n) is 0.927. The van der Waals surface area contributed by atoms with Gasteiger partial charge in [-0.05, 0) is 19.1 Å². The van der Waals surface area contributed by atoms with Crippen LogP contribution in [0.25, 0.3) is 0 Å². The van der Waals surface area contributed by atoms with Gasteiger partial charge < -0.3 is 4.74 Å². The average molecular weight is 188 g/mol. The standard InChI is InChI=1S/C12H12O2/c1-10-6-8-11(9-7-10)4-3-5-12(13)14-2/h6-9H,5H2,1-2H3. The van der Waals surface area contributed by atoms with E-state index in [1.165, 1.54) is 12.7 Å². The van der Waals surface area contributed by atoms with Gasteiger partial charge in [-0.3, -0.25) is 4.79 Å². The van der Waals surface area contributed by atoms with Crippen LogP contribution in [0.1, 0.15) is 17.5 Å². The van der Waals surface area contributed by atoms with Gasteiger partial charge in [-0.15, -0.1) is 0 Å². The van der Waals surface area contributed by atoms with Gasteiger partial charge in [-0.25, -0.2) is 0 Å². The van der Waals surface area contributed by atoms with Crippen LogP contribution in [-0.4, -0.2) is 13.1 Å². The summed E-state index contributed by atoms with van der Waals surface area (Å²) in [4.78, 5) is 10.7. The molecule has 0 amide bonds. The first-order chi connectivity index (χ1) is 6.72. The Morgan fingerprint density at radius 1 is 1.36 bits per heavy atom. The van der Waals surface area contributed by atoms with Crippen LogP contribution in [0.5, 0.6) is 0 Å². The topological polar surface area (TPSA) is 26.3 Å². The molecular weight excluding hydrogens is 176 g/mol. The van der Waals surface area contributed by atoms with Crippen LogP contribution in [0.3, 0.4) is 0 Å². The quantitative estimate of drug-likeness (QED) is 0.497. The number of hydrogen-bond acceptors (Lipinski definition) is 2. The molecule has 0 aliphatic heterocycles. The van der Waals surface area contributed by atoms with Crippen molar-refractivity contribution in [3.05, 3.63) is 35.4 Å². The van der Waals surface area contributed by atoms with Crippen LogP contribution in [0.15, 0.2) is 24.3 Å². The summed E-state index contributed by atoms with van der Waals surface area (Å²) in [6.07, 6.45) is 0.143. The average Bonchev–Trinajstić information content (AvgIpc) is 2.21. The van der Waals surface area contributed by atoms with Crippen LogP contribution in [0, 0.1) is 18.8 Å². The molecule has 0 saturated heterocycles. The second kappa shape index (κ2) is 5.08. The van der Waals surface area contributed by atoms with Crippen molar-refractivity contribution in [3.63, 3.8) is 0 Å². The smallest absolute Gasteiger partial charge is 0.317 e. The van der Waals surface area contributed by atoms with Crippen molar-refractivity contribution in [1.29, 1.82) is 0 Å². The first-order valence-electron chi connectivity index (χ1n) is 4.34. The van der Waals surface area contributed by atoms with E-state index in [-0.39, 0.29) is 12.4 Å². The fraction of sp³-hybridized carbons (Fsp3) is 0.250. The van der Waals surface area contributed by atoms with Crippen molar-refractivity contribution in [2.45, 2.75) is 13.3 Å². The molecule has 0 radical (unpaired) electrons. The Morgan fingerprint density at radius 2 is 2.00 bits per heavy atom. The van der Waals surface area contributed by atoms with E-state index in [1.807, 2.05) is 31.2 Å². The third kappa shape index (κ3) is 3.32. The molecule has 0 N–H and O–H groups in total. The number of hydrogen-bond donors (Lipinski definition) is 0. The van der Waals surface area contributed by atoms with Crippen molar-refractivity contribution in [1.82, 2.24) is 0 Å². The van der Waals surface area contributed by atoms with Gasteiger partial charge in [0, 0.05) is 5.56 Å². The van der Waals surface area contributed by atoms with Crippen LogP contribution in [0.2, 0.25) is 0 Å². The molecule has 1 rings (SSSR count). The van der Waals surface area contributed by atoms with E-state index in [9.17, 15) is 4.79 Å². The molecule has 0 saturated carbocycles. The van der Waals surface area contributed by atoms with E-state index in [0.29, 0.717) is 0 Å². The van der Waals surface area contributed by atoms with Crippen molar-refractivity contribution in [3.8, 4) is 11.8 Å². The molecular formula is C12H12O2. The van der Waals surface area contributed by atoms with Gasteiger partial charge in [-0.2, -0.15) is 0 Å². The highest BCUT2D eigenvalue weighted by molar-refractivity contribution is 5.72. The van der Waals surface area contributed by atoms with E-state index in [0.717, 1.165) is 5.56 Å². The Balaban J connectivity index is 2.59. The molecule has 0 aliphatic carbocycles. The van der Waals surface area contributed by atoms with E-state index in [2.05, 4.69) is 16.6 Å². The maximum Gasteiger partial charge on any atom is 0.317 e. The summed E-state index contributed by atoms with van der Waals surface area (Å²) in [5.74, 6) is 5.33. The predicted octanol–water partition coefficient (Wildman–Crippen LogP) is 1.91. The number of carbonyl (C=O) groups is 1. The lowest BCUT2D eigenvalue weighted by atomic mass is 10.1. The maximum atomic E-state index is 10.7. The number of methoxy groups -OCH3 is 1. The monoisotopic (exact) mass is 188 g/mol. The molecule has 1 aromatic carbocycles. The summed E-state index contributed by atoms with van der Waals surface area (Å²) in [6, 6.07) is 7.84. The summed E-state index contributed by atoms with van der Waals surface area (Å²) in [6.45, 7) is 2.02. The van der Waals surface area contributed by atoms with Crippen molar-refractivity contribution in [2.75, 3.05) is 7.11 Å². The van der Waals surface area contributed by atoms with Gasteiger partial charge in [0.05, 0.1) is 7.11 Å². The second-order valence-electron chi connectivity index (χ2n) is 2.92. The molecule has 0 aliphatic rings. The highest BCUT2D eigenvalue weighted by Crippen LogP contribution is 2.00. The summed E-state index contributed by atoms with van der Waals surface area (Å²) < 4.78 is 4.47. The Hall–Kier alpha value is -1.75. The lowest BCUT2D eigenvalue weighted by Crippen LogP contribution is -1.96. The minimum atomic E-state index is -0.301. The number of carbonyl (C=O) groups excluding carboxylic acids is 1. The van der Waals surface area contributed by atoms with Crippen LogP contribution in [-0.2, 0) is 9.53 Å². The molecule has 0 fully saturated rings. The predicted molar refractivity (Wildman–Crippen MR) is 54.7 cm³/mol. The first-order valence-corrected chi connectivity index (χ1v) is 4.34. The lowest BCUT2D eigenvalue weighted by Gasteiger charge is -1.92. The summed E-state index contributed by atoms with van der Waals surface area (Å²) >= 11 is 0. The maximum absolute atomic E-state index is 10.7. The Labute approximate surface area is 83.9 Å². The Morgan fingerprint density at radius 3 is 2.57 bits per heavy atom. The van der Waals surface area contributed by atoms with E-state index < -0.39 is 0 Å². The molecule has 72 valence electrons. The summed E-state index contributed by atoms with van der Waals surface area (Å²) in [7, 11) is 1.36. The van der Waals surface area contributed by atoms with Gasteiger partial charge in [-0.1, -0.05) is 29.5 Å². The largest absolute Gasteiger partial charge is 0.468 e. The zero-order valence-corrected chi connectivity index (χ0v) is 8.33. The highest BCUT2D eigenvalue weighted by atomic mass is 16.5. The molecule has 0 bridgehead atoms. The number of ether oxygens (including phenoxy) is 1. The number of aryl methyl sites for hydroxylation is 1. The minimum Gasteiger partial charge on any atom is -0.468 e. The van der Waals surface area contributed by atoms with Crippen molar-refractivity contribution >= 4 is 5.97 Å². The first kappa shape index (κ1) is 10.3. The third-order valence-electron chi connectivity index (χ3n) is 1.74. The lowest BCUT2D eigenvalue weighted by molar-refractivity contribution is -0.139. The van der Waals surface area contributed by atoms with Gasteiger partial charge in [0.25, 0.3) is 0 Å². The van der Waals surface area contributed by atoms with Crippen LogP contribution in [0.4, 0.5) is 0 Å². The summed E-state index contributed by atoms with van der Waals surface area (Å²) in [5, 5.41) is 0. The normalized spacial score (nSPS) is 8.71. The fourth-order valence-corrected chi connectivity index (χ4v) is 0.927. The second-order valence-corrected chi connectivity index (χ2v) is 2.92. The summed E-state index contributed by atoms with van der Waals surface area (Å²) in [5.41, 5.74) is 2.11. The number of benzene rings is 1. The Kier molecular flexibility index (Phi) is 3.75. The van der Waals surface area contributed by atoms with Gasteiger partial charge in [0.1, 0.15) is 6.42 Å². The van der Waals surface area contributed by atoms with Gasteiger partial charge in [0.15, 0.2) is 0 Å². The zero-order valence-electron chi connectivity index (χ0n) is 8.33. The molecule has 2 heteroatoms. The van der Waals surface area contributed by atoms with Crippen LogP contribution >= 0.6 is 0 Å². The molecule has 14 heavy (non-hydrogen) atoms. The molecule has 0 atom stereocenters. The Bertz CT molecular complexity index is 366. The molecule has 2 nitrogen and oxygen atoms in total. The molecule has 1 aromatic rings. The third-order valence-corrected chi connectivity index (χ3v) is 1.74. The van der Waals surface area contributed by atoms with Gasteiger partial charge >= 0.3 is 5.97 Å².